The molecule has 0 spiro atoms. The fourth-order valence-corrected chi connectivity index (χ4v) is 2.60. The van der Waals surface area contributed by atoms with Crippen LogP contribution in [0, 0.1) is 0 Å². The molecule has 20 heavy (non-hydrogen) atoms. The number of halogens is 3. The van der Waals surface area contributed by atoms with Crippen LogP contribution in [0.3, 0.4) is 0 Å². The van der Waals surface area contributed by atoms with E-state index in [1.807, 2.05) is 17.0 Å². The maximum Gasteiger partial charge on any atom is 0.417 e. The summed E-state index contributed by atoms with van der Waals surface area (Å²) in [6.07, 6.45) is -4.42. The zero-order valence-corrected chi connectivity index (χ0v) is 11.4. The molecule has 1 aliphatic rings. The highest BCUT2D eigenvalue weighted by molar-refractivity contribution is 5.53. The van der Waals surface area contributed by atoms with Crippen LogP contribution < -0.4 is 10.6 Å². The summed E-state index contributed by atoms with van der Waals surface area (Å²) in [7, 11) is 0. The highest BCUT2D eigenvalue weighted by atomic mass is 19.4. The lowest BCUT2D eigenvalue weighted by molar-refractivity contribution is -0.283. The number of nitrogens with zero attached hydrogens (tertiary/aromatic N) is 1. The van der Waals surface area contributed by atoms with Crippen LogP contribution in [0.5, 0.6) is 0 Å². The van der Waals surface area contributed by atoms with E-state index in [0.717, 1.165) is 5.69 Å². The van der Waals surface area contributed by atoms with Crippen molar-refractivity contribution in [2.45, 2.75) is 31.5 Å². The third-order valence-corrected chi connectivity index (χ3v) is 3.77. The van der Waals surface area contributed by atoms with Gasteiger partial charge in [0.2, 0.25) is 0 Å². The van der Waals surface area contributed by atoms with Gasteiger partial charge in [-0.05, 0) is 31.2 Å². The zero-order valence-electron chi connectivity index (χ0n) is 11.4. The second kappa shape index (κ2) is 5.52. The second-order valence-electron chi connectivity index (χ2n) is 5.00. The molecule has 1 heterocycles. The molecule has 0 unspecified atom stereocenters. The van der Waals surface area contributed by atoms with Crippen molar-refractivity contribution in [1.82, 2.24) is 0 Å². The first-order valence-electron chi connectivity index (χ1n) is 6.69. The predicted octanol–water partition coefficient (Wildman–Crippen LogP) is 3.21. The molecule has 3 nitrogen and oxygen atoms in total. The lowest BCUT2D eigenvalue weighted by Crippen LogP contribution is -2.55. The molecule has 1 aromatic carbocycles. The average Bonchev–Trinajstić information content (AvgIpc) is 2.40. The standard InChI is InChI=1S/C14H19F3N2O/c1-2-20-13(14(15,16)17)7-9-19(10-8-13)12-5-3-11(18)4-6-12/h3-6H,2,7-10,18H2,1H3. The molecule has 0 atom stereocenters. The molecule has 0 radical (unpaired) electrons. The van der Waals surface area contributed by atoms with Crippen molar-refractivity contribution in [2.24, 2.45) is 0 Å². The fraction of sp³-hybridized carbons (Fsp3) is 0.571. The molecule has 112 valence electrons. The molecule has 1 aromatic rings. The minimum atomic E-state index is -4.32. The van der Waals surface area contributed by atoms with Crippen molar-refractivity contribution in [3.63, 3.8) is 0 Å². The summed E-state index contributed by atoms with van der Waals surface area (Å²) in [6.45, 7) is 2.31. The van der Waals surface area contributed by atoms with Gasteiger partial charge in [-0.25, -0.2) is 0 Å². The molecule has 0 aliphatic carbocycles. The number of hydrogen-bond acceptors (Lipinski definition) is 3. The van der Waals surface area contributed by atoms with Crippen LogP contribution in [-0.2, 0) is 4.74 Å². The summed E-state index contributed by atoms with van der Waals surface area (Å²) in [5.74, 6) is 0. The number of rotatable bonds is 3. The van der Waals surface area contributed by atoms with Crippen LogP contribution >= 0.6 is 0 Å². The van der Waals surface area contributed by atoms with E-state index in [0.29, 0.717) is 18.8 Å². The van der Waals surface area contributed by atoms with Crippen molar-refractivity contribution in [3.05, 3.63) is 24.3 Å². The van der Waals surface area contributed by atoms with Gasteiger partial charge in [-0.15, -0.1) is 0 Å². The van der Waals surface area contributed by atoms with Gasteiger partial charge in [0.15, 0.2) is 5.60 Å². The Morgan fingerprint density at radius 2 is 1.75 bits per heavy atom. The third kappa shape index (κ3) is 2.85. The van der Waals surface area contributed by atoms with E-state index >= 15 is 0 Å². The Morgan fingerprint density at radius 1 is 1.20 bits per heavy atom. The van der Waals surface area contributed by atoms with Gasteiger partial charge < -0.3 is 15.4 Å². The number of hydrogen-bond donors (Lipinski definition) is 1. The van der Waals surface area contributed by atoms with Gasteiger partial charge in [0.05, 0.1) is 0 Å². The zero-order chi connectivity index (χ0) is 14.8. The molecule has 2 rings (SSSR count). The number of nitrogen functional groups attached to an aromatic ring is 1. The van der Waals surface area contributed by atoms with Gasteiger partial charge in [-0.3, -0.25) is 0 Å². The monoisotopic (exact) mass is 288 g/mol. The summed E-state index contributed by atoms with van der Waals surface area (Å²) in [5, 5.41) is 0. The first-order chi connectivity index (χ1) is 9.38. The van der Waals surface area contributed by atoms with E-state index in [1.54, 1.807) is 19.1 Å². The fourth-order valence-electron chi connectivity index (χ4n) is 2.60. The maximum absolute atomic E-state index is 13.2. The van der Waals surface area contributed by atoms with Crippen LogP contribution in [0.25, 0.3) is 0 Å². The van der Waals surface area contributed by atoms with Gasteiger partial charge in [0, 0.05) is 43.9 Å². The molecule has 0 saturated carbocycles. The Morgan fingerprint density at radius 3 is 2.20 bits per heavy atom. The molecule has 6 heteroatoms. The van der Waals surface area contributed by atoms with E-state index < -0.39 is 11.8 Å². The number of nitrogens with two attached hydrogens (primary N) is 1. The van der Waals surface area contributed by atoms with Crippen molar-refractivity contribution in [1.29, 1.82) is 0 Å². The normalized spacial score (nSPS) is 19.1. The van der Waals surface area contributed by atoms with E-state index in [2.05, 4.69) is 0 Å². The minimum absolute atomic E-state index is 0.0469. The quantitative estimate of drug-likeness (QED) is 0.868. The average molecular weight is 288 g/mol. The number of piperidine rings is 1. The third-order valence-electron chi connectivity index (χ3n) is 3.77. The Balaban J connectivity index is 2.08. The molecular formula is C14H19F3N2O. The first-order valence-corrected chi connectivity index (χ1v) is 6.69. The van der Waals surface area contributed by atoms with Crippen LogP contribution in [0.4, 0.5) is 24.5 Å². The first kappa shape index (κ1) is 15.0. The molecule has 0 aromatic heterocycles. The highest BCUT2D eigenvalue weighted by Gasteiger charge is 2.56. The Kier molecular flexibility index (Phi) is 4.13. The Bertz CT molecular complexity index is 437. The SMILES string of the molecule is CCOC1(C(F)(F)F)CCN(c2ccc(N)cc2)CC1. The lowest BCUT2D eigenvalue weighted by Gasteiger charge is -2.43. The largest absolute Gasteiger partial charge is 0.417 e. The van der Waals surface area contributed by atoms with Crippen LogP contribution in [0.2, 0.25) is 0 Å². The lowest BCUT2D eigenvalue weighted by atomic mass is 9.90. The second-order valence-corrected chi connectivity index (χ2v) is 5.00. The molecule has 1 saturated heterocycles. The van der Waals surface area contributed by atoms with E-state index in [1.165, 1.54) is 0 Å². The summed E-state index contributed by atoms with van der Waals surface area (Å²) < 4.78 is 44.7. The number of benzene rings is 1. The van der Waals surface area contributed by atoms with Gasteiger partial charge in [-0.2, -0.15) is 13.2 Å². The van der Waals surface area contributed by atoms with Gasteiger partial charge in [0.25, 0.3) is 0 Å². The smallest absolute Gasteiger partial charge is 0.399 e. The van der Waals surface area contributed by atoms with E-state index in [-0.39, 0.29) is 19.4 Å². The van der Waals surface area contributed by atoms with Crippen LogP contribution in [-0.4, -0.2) is 31.5 Å². The molecule has 0 amide bonds. The molecule has 0 bridgehead atoms. The molecular weight excluding hydrogens is 269 g/mol. The van der Waals surface area contributed by atoms with Crippen LogP contribution in [0.1, 0.15) is 19.8 Å². The molecule has 2 N–H and O–H groups in total. The van der Waals surface area contributed by atoms with E-state index in [4.69, 9.17) is 10.5 Å². The van der Waals surface area contributed by atoms with Gasteiger partial charge in [-0.1, -0.05) is 0 Å². The van der Waals surface area contributed by atoms with Crippen molar-refractivity contribution >= 4 is 11.4 Å². The highest BCUT2D eigenvalue weighted by Crippen LogP contribution is 2.42. The number of anilines is 2. The molecule has 1 aliphatic heterocycles. The Hall–Kier alpha value is -1.43. The van der Waals surface area contributed by atoms with Crippen LogP contribution in [0.15, 0.2) is 24.3 Å². The van der Waals surface area contributed by atoms with Crippen molar-refractivity contribution in [2.75, 3.05) is 30.3 Å². The Labute approximate surface area is 116 Å². The van der Waals surface area contributed by atoms with E-state index in [9.17, 15) is 13.2 Å². The maximum atomic E-state index is 13.2. The summed E-state index contributed by atoms with van der Waals surface area (Å²) in [6, 6.07) is 7.17. The topological polar surface area (TPSA) is 38.5 Å². The van der Waals surface area contributed by atoms with Gasteiger partial charge in [0.1, 0.15) is 0 Å². The van der Waals surface area contributed by atoms with Crippen molar-refractivity contribution < 1.29 is 17.9 Å². The summed E-state index contributed by atoms with van der Waals surface area (Å²) in [5.41, 5.74) is 5.15. The number of ether oxygens (including phenoxy) is 1. The minimum Gasteiger partial charge on any atom is -0.399 e. The predicted molar refractivity (Wildman–Crippen MR) is 72.7 cm³/mol. The van der Waals surface area contributed by atoms with Crippen molar-refractivity contribution in [3.8, 4) is 0 Å². The number of alkyl halides is 3. The summed E-state index contributed by atoms with van der Waals surface area (Å²) >= 11 is 0. The molecule has 1 fully saturated rings. The summed E-state index contributed by atoms with van der Waals surface area (Å²) in [4.78, 5) is 1.93. The van der Waals surface area contributed by atoms with Gasteiger partial charge >= 0.3 is 6.18 Å².